The fourth-order valence-electron chi connectivity index (χ4n) is 4.51. The van der Waals surface area contributed by atoms with Gasteiger partial charge in [0.2, 0.25) is 5.76 Å². The first kappa shape index (κ1) is 23.4. The Kier molecular flexibility index (Phi) is 6.10. The van der Waals surface area contributed by atoms with Crippen LogP contribution in [0.25, 0.3) is 11.0 Å². The topological polar surface area (TPSA) is 78.2 Å². The average molecular weight is 489 g/mol. The zero-order valence-corrected chi connectivity index (χ0v) is 20.0. The molecule has 0 fully saturated rings. The molecule has 5 rings (SSSR count). The van der Waals surface area contributed by atoms with E-state index in [2.05, 4.69) is 0 Å². The maximum absolute atomic E-state index is 14.0. The van der Waals surface area contributed by atoms with Gasteiger partial charge in [-0.05, 0) is 74.0 Å². The van der Waals surface area contributed by atoms with Crippen LogP contribution in [0, 0.1) is 5.82 Å². The third-order valence-corrected chi connectivity index (χ3v) is 6.07. The van der Waals surface area contributed by atoms with Crippen LogP contribution < -0.4 is 24.5 Å². The summed E-state index contributed by atoms with van der Waals surface area (Å²) < 4.78 is 36.7. The van der Waals surface area contributed by atoms with E-state index in [0.29, 0.717) is 41.7 Å². The fourth-order valence-corrected chi connectivity index (χ4v) is 4.51. The summed E-state index contributed by atoms with van der Waals surface area (Å²) in [6.07, 6.45) is 0. The van der Waals surface area contributed by atoms with Gasteiger partial charge in [0.05, 0.1) is 37.3 Å². The summed E-state index contributed by atoms with van der Waals surface area (Å²) in [5, 5.41) is 0.0686. The summed E-state index contributed by atoms with van der Waals surface area (Å²) in [6.45, 7) is 4.58. The standard InChI is InChI=1S/C28H24FNO6/c1-4-34-22-12-6-16(14-23(22)35-5-2)25-24-26(31)20-15-17(29)7-13-21(20)36-27(24)28(32)30(25)18-8-10-19(33-3)11-9-18/h6-15,25H,4-5H2,1-3H3. The highest BCUT2D eigenvalue weighted by Crippen LogP contribution is 2.43. The molecule has 184 valence electrons. The molecule has 1 amide bonds. The summed E-state index contributed by atoms with van der Waals surface area (Å²) in [5.41, 5.74) is 0.976. The second kappa shape index (κ2) is 9.37. The minimum atomic E-state index is -0.834. The van der Waals surface area contributed by atoms with Crippen LogP contribution in [0.3, 0.4) is 0 Å². The number of amides is 1. The molecule has 1 aliphatic rings. The van der Waals surface area contributed by atoms with Crippen LogP contribution in [0.1, 0.15) is 41.6 Å². The number of nitrogens with zero attached hydrogens (tertiary/aromatic N) is 1. The molecular formula is C28H24FNO6. The van der Waals surface area contributed by atoms with Crippen LogP contribution >= 0.6 is 0 Å². The molecule has 0 N–H and O–H groups in total. The van der Waals surface area contributed by atoms with E-state index in [1.165, 1.54) is 17.0 Å². The molecule has 1 atom stereocenters. The quantitative estimate of drug-likeness (QED) is 0.342. The average Bonchev–Trinajstić information content (AvgIpc) is 3.18. The molecule has 3 aromatic carbocycles. The largest absolute Gasteiger partial charge is 0.497 e. The van der Waals surface area contributed by atoms with Gasteiger partial charge in [0.15, 0.2) is 16.9 Å². The number of carbonyl (C=O) groups is 1. The van der Waals surface area contributed by atoms with Crippen molar-refractivity contribution in [3.05, 3.63) is 93.6 Å². The van der Waals surface area contributed by atoms with Crippen molar-refractivity contribution in [3.63, 3.8) is 0 Å². The van der Waals surface area contributed by atoms with Crippen LogP contribution in [0.2, 0.25) is 0 Å². The smallest absolute Gasteiger partial charge is 0.295 e. The van der Waals surface area contributed by atoms with Crippen molar-refractivity contribution in [2.24, 2.45) is 0 Å². The number of fused-ring (bicyclic) bond motifs is 2. The van der Waals surface area contributed by atoms with Gasteiger partial charge in [-0.3, -0.25) is 14.5 Å². The van der Waals surface area contributed by atoms with Crippen LogP contribution in [0.4, 0.5) is 10.1 Å². The minimum Gasteiger partial charge on any atom is -0.497 e. The monoisotopic (exact) mass is 489 g/mol. The molecule has 1 aromatic heterocycles. The predicted octanol–water partition coefficient (Wildman–Crippen LogP) is 5.49. The molecule has 0 bridgehead atoms. The molecule has 0 saturated heterocycles. The minimum absolute atomic E-state index is 0.0686. The van der Waals surface area contributed by atoms with Gasteiger partial charge in [0, 0.05) is 5.69 Å². The fraction of sp³-hybridized carbons (Fsp3) is 0.214. The van der Waals surface area contributed by atoms with Crippen molar-refractivity contribution in [2.45, 2.75) is 19.9 Å². The summed E-state index contributed by atoms with van der Waals surface area (Å²) in [6, 6.07) is 15.1. The number of hydrogen-bond acceptors (Lipinski definition) is 6. The van der Waals surface area contributed by atoms with Crippen molar-refractivity contribution in [2.75, 3.05) is 25.2 Å². The van der Waals surface area contributed by atoms with E-state index < -0.39 is 23.2 Å². The lowest BCUT2D eigenvalue weighted by Crippen LogP contribution is -2.29. The Labute approximate surface area is 206 Å². The third kappa shape index (κ3) is 3.84. The van der Waals surface area contributed by atoms with Crippen molar-refractivity contribution in [1.29, 1.82) is 0 Å². The molecule has 0 spiro atoms. The molecular weight excluding hydrogens is 465 g/mol. The Bertz CT molecular complexity index is 1510. The Morgan fingerprint density at radius 2 is 1.64 bits per heavy atom. The highest BCUT2D eigenvalue weighted by Gasteiger charge is 2.44. The first-order valence-corrected chi connectivity index (χ1v) is 11.6. The van der Waals surface area contributed by atoms with Crippen LogP contribution in [0.15, 0.2) is 69.9 Å². The maximum atomic E-state index is 14.0. The van der Waals surface area contributed by atoms with Crippen LogP contribution in [-0.4, -0.2) is 26.2 Å². The molecule has 1 aliphatic heterocycles. The predicted molar refractivity (Wildman–Crippen MR) is 133 cm³/mol. The Morgan fingerprint density at radius 3 is 2.33 bits per heavy atom. The van der Waals surface area contributed by atoms with E-state index in [1.54, 1.807) is 49.6 Å². The zero-order chi connectivity index (χ0) is 25.4. The number of benzene rings is 3. The first-order chi connectivity index (χ1) is 17.5. The van der Waals surface area contributed by atoms with E-state index in [9.17, 15) is 14.0 Å². The van der Waals surface area contributed by atoms with E-state index in [1.807, 2.05) is 13.8 Å². The molecule has 1 unspecified atom stereocenters. The normalized spacial score (nSPS) is 14.7. The van der Waals surface area contributed by atoms with Crippen LogP contribution in [-0.2, 0) is 0 Å². The molecule has 4 aromatic rings. The summed E-state index contributed by atoms with van der Waals surface area (Å²) in [4.78, 5) is 28.9. The lowest BCUT2D eigenvalue weighted by atomic mass is 9.97. The van der Waals surface area contributed by atoms with Gasteiger partial charge >= 0.3 is 0 Å². The number of ether oxygens (including phenoxy) is 3. The Balaban J connectivity index is 1.76. The van der Waals surface area contributed by atoms with E-state index in [-0.39, 0.29) is 22.3 Å². The molecule has 0 saturated carbocycles. The molecule has 0 aliphatic carbocycles. The second-order valence-corrected chi connectivity index (χ2v) is 8.16. The molecule has 8 heteroatoms. The first-order valence-electron chi connectivity index (χ1n) is 11.6. The van der Waals surface area contributed by atoms with Gasteiger partial charge in [0.25, 0.3) is 5.91 Å². The summed E-state index contributed by atoms with van der Waals surface area (Å²) >= 11 is 0. The van der Waals surface area contributed by atoms with E-state index in [4.69, 9.17) is 18.6 Å². The lowest BCUT2D eigenvalue weighted by molar-refractivity contribution is 0.0971. The van der Waals surface area contributed by atoms with E-state index in [0.717, 1.165) is 6.07 Å². The Hall–Kier alpha value is -4.33. The van der Waals surface area contributed by atoms with Crippen molar-refractivity contribution < 1.29 is 27.8 Å². The highest BCUT2D eigenvalue weighted by molar-refractivity contribution is 6.10. The molecule has 7 nitrogen and oxygen atoms in total. The van der Waals surface area contributed by atoms with Gasteiger partial charge in [-0.1, -0.05) is 6.07 Å². The van der Waals surface area contributed by atoms with Gasteiger partial charge < -0.3 is 18.6 Å². The number of anilines is 1. The zero-order valence-electron chi connectivity index (χ0n) is 20.0. The molecule has 0 radical (unpaired) electrons. The van der Waals surface area contributed by atoms with Gasteiger partial charge in [-0.15, -0.1) is 0 Å². The third-order valence-electron chi connectivity index (χ3n) is 6.07. The highest BCUT2D eigenvalue weighted by atomic mass is 19.1. The van der Waals surface area contributed by atoms with Gasteiger partial charge in [-0.2, -0.15) is 0 Å². The maximum Gasteiger partial charge on any atom is 0.295 e. The number of hydrogen-bond donors (Lipinski definition) is 0. The van der Waals surface area contributed by atoms with Crippen molar-refractivity contribution >= 4 is 22.6 Å². The second-order valence-electron chi connectivity index (χ2n) is 8.16. The number of carbonyl (C=O) groups excluding carboxylic acids is 1. The number of rotatable bonds is 7. The Morgan fingerprint density at radius 1 is 0.917 bits per heavy atom. The molecule has 2 heterocycles. The van der Waals surface area contributed by atoms with Crippen molar-refractivity contribution in [1.82, 2.24) is 0 Å². The SMILES string of the molecule is CCOc1ccc(C2c3c(oc4ccc(F)cc4c3=O)C(=O)N2c2ccc(OC)cc2)cc1OCC. The number of methoxy groups -OCH3 is 1. The van der Waals surface area contributed by atoms with E-state index >= 15 is 0 Å². The lowest BCUT2D eigenvalue weighted by Gasteiger charge is -2.26. The van der Waals surface area contributed by atoms with Gasteiger partial charge in [-0.25, -0.2) is 4.39 Å². The molecule has 36 heavy (non-hydrogen) atoms. The summed E-state index contributed by atoms with van der Waals surface area (Å²) in [7, 11) is 1.55. The summed E-state index contributed by atoms with van der Waals surface area (Å²) in [5.74, 6) is 0.541. The van der Waals surface area contributed by atoms with Crippen molar-refractivity contribution in [3.8, 4) is 17.2 Å². The number of halogens is 1. The van der Waals surface area contributed by atoms with Crippen LogP contribution in [0.5, 0.6) is 17.2 Å². The van der Waals surface area contributed by atoms with Gasteiger partial charge in [0.1, 0.15) is 17.1 Å².